The number of nitrogens with zero attached hydrogens (tertiary/aromatic N) is 5. The van der Waals surface area contributed by atoms with Crippen molar-refractivity contribution in [3.8, 4) is 0 Å². The molecule has 1 amide bonds. The maximum atomic E-state index is 13.7. The highest BCUT2D eigenvalue weighted by Crippen LogP contribution is 2.41. The normalized spacial score (nSPS) is 14.2. The molecule has 0 radical (unpaired) electrons. The third-order valence-corrected chi connectivity index (χ3v) is 6.03. The number of carbonyl (C=O) groups is 1. The van der Waals surface area contributed by atoms with Crippen molar-refractivity contribution in [1.29, 1.82) is 0 Å². The van der Waals surface area contributed by atoms with Gasteiger partial charge < -0.3 is 9.42 Å². The largest absolute Gasteiger partial charge is 0.336 e. The van der Waals surface area contributed by atoms with E-state index in [1.807, 2.05) is 37.3 Å². The number of fused-ring (bicyclic) bond motifs is 2. The molecule has 3 heterocycles. The summed E-state index contributed by atoms with van der Waals surface area (Å²) in [5.74, 6) is 0.918. The summed E-state index contributed by atoms with van der Waals surface area (Å²) in [4.78, 5) is 29.4. The third-order valence-electron chi connectivity index (χ3n) is 6.03. The molecule has 0 aliphatic heterocycles. The van der Waals surface area contributed by atoms with Gasteiger partial charge in [-0.2, -0.15) is 0 Å². The second-order valence-corrected chi connectivity index (χ2v) is 10.3. The van der Waals surface area contributed by atoms with Gasteiger partial charge in [0, 0.05) is 29.7 Å². The fraction of sp³-hybridized carbons (Fsp3) is 0.423. The lowest BCUT2D eigenvalue weighted by molar-refractivity contribution is 0.0783. The number of rotatable bonds is 5. The quantitative estimate of drug-likeness (QED) is 0.421. The molecular formula is C26H29N5O2. The first kappa shape index (κ1) is 21.5. The topological polar surface area (TPSA) is 85.0 Å². The number of hydrogen-bond donors (Lipinski definition) is 0. The molecule has 1 aliphatic carbocycles. The summed E-state index contributed by atoms with van der Waals surface area (Å²) in [6.07, 6.45) is 2.88. The Labute approximate surface area is 193 Å². The van der Waals surface area contributed by atoms with Crippen LogP contribution in [0.4, 0.5) is 0 Å². The zero-order valence-corrected chi connectivity index (χ0v) is 19.8. The van der Waals surface area contributed by atoms with Crippen LogP contribution in [0.15, 0.2) is 34.9 Å². The zero-order valence-electron chi connectivity index (χ0n) is 19.8. The number of aryl methyl sites for hydroxylation is 1. The average molecular weight is 444 g/mol. The van der Waals surface area contributed by atoms with Gasteiger partial charge in [-0.3, -0.25) is 4.79 Å². The number of aromatic nitrogens is 4. The molecule has 1 fully saturated rings. The molecule has 0 unspecified atom stereocenters. The molecule has 3 aromatic heterocycles. The van der Waals surface area contributed by atoms with E-state index < -0.39 is 0 Å². The molecule has 7 nitrogen and oxygen atoms in total. The number of hydrogen-bond acceptors (Lipinski definition) is 6. The van der Waals surface area contributed by atoms with E-state index in [0.29, 0.717) is 36.0 Å². The van der Waals surface area contributed by atoms with Crippen molar-refractivity contribution in [3.63, 3.8) is 0 Å². The van der Waals surface area contributed by atoms with Crippen LogP contribution in [0.5, 0.6) is 0 Å². The van der Waals surface area contributed by atoms with Gasteiger partial charge in [0.25, 0.3) is 11.6 Å². The van der Waals surface area contributed by atoms with E-state index >= 15 is 0 Å². The van der Waals surface area contributed by atoms with Crippen molar-refractivity contribution in [2.75, 3.05) is 7.05 Å². The van der Waals surface area contributed by atoms with Crippen LogP contribution in [0.3, 0.4) is 0 Å². The first-order valence-electron chi connectivity index (χ1n) is 11.5. The molecule has 0 atom stereocenters. The van der Waals surface area contributed by atoms with Gasteiger partial charge in [-0.1, -0.05) is 44.1 Å². The molecule has 0 saturated heterocycles. The molecule has 4 aromatic rings. The van der Waals surface area contributed by atoms with Crippen molar-refractivity contribution < 1.29 is 9.32 Å². The van der Waals surface area contributed by atoms with Crippen molar-refractivity contribution in [3.05, 3.63) is 58.8 Å². The summed E-state index contributed by atoms with van der Waals surface area (Å²) in [6, 6.07) is 9.87. The van der Waals surface area contributed by atoms with Crippen LogP contribution in [-0.4, -0.2) is 38.0 Å². The van der Waals surface area contributed by atoms with Crippen molar-refractivity contribution in [2.45, 2.75) is 59.4 Å². The van der Waals surface area contributed by atoms with Gasteiger partial charge in [0.2, 0.25) is 0 Å². The molecule has 33 heavy (non-hydrogen) atoms. The second kappa shape index (κ2) is 7.90. The van der Waals surface area contributed by atoms with E-state index in [1.54, 1.807) is 11.9 Å². The summed E-state index contributed by atoms with van der Waals surface area (Å²) in [5.41, 5.74) is 4.54. The summed E-state index contributed by atoms with van der Waals surface area (Å²) < 4.78 is 5.61. The SMILES string of the molecule is Cc1nc(CN(C)C(=O)c2cc(C3CC3)nc3onc(CC(C)(C)C)c23)nc2ccccc12. The molecule has 0 spiro atoms. The minimum absolute atomic E-state index is 0.00164. The first-order chi connectivity index (χ1) is 15.7. The number of para-hydroxylation sites is 1. The van der Waals surface area contributed by atoms with Crippen LogP contribution in [0.25, 0.3) is 22.0 Å². The molecule has 0 N–H and O–H groups in total. The Morgan fingerprint density at radius 2 is 1.91 bits per heavy atom. The van der Waals surface area contributed by atoms with E-state index in [-0.39, 0.29) is 11.3 Å². The maximum Gasteiger partial charge on any atom is 0.259 e. The molecule has 1 aromatic carbocycles. The van der Waals surface area contributed by atoms with Crippen LogP contribution in [0.1, 0.15) is 72.8 Å². The van der Waals surface area contributed by atoms with Gasteiger partial charge in [-0.05, 0) is 43.7 Å². The molecule has 1 saturated carbocycles. The van der Waals surface area contributed by atoms with Crippen molar-refractivity contribution in [2.24, 2.45) is 5.41 Å². The Hall–Kier alpha value is -3.35. The summed E-state index contributed by atoms with van der Waals surface area (Å²) in [6.45, 7) is 8.72. The van der Waals surface area contributed by atoms with Crippen LogP contribution in [0.2, 0.25) is 0 Å². The first-order valence-corrected chi connectivity index (χ1v) is 11.5. The summed E-state index contributed by atoms with van der Waals surface area (Å²) in [7, 11) is 1.79. The fourth-order valence-electron chi connectivity index (χ4n) is 4.26. The Morgan fingerprint density at radius 3 is 2.64 bits per heavy atom. The fourth-order valence-corrected chi connectivity index (χ4v) is 4.26. The minimum Gasteiger partial charge on any atom is -0.336 e. The van der Waals surface area contributed by atoms with E-state index in [9.17, 15) is 4.79 Å². The zero-order chi connectivity index (χ0) is 23.3. The number of pyridine rings is 1. The van der Waals surface area contributed by atoms with Gasteiger partial charge in [0.1, 0.15) is 5.82 Å². The second-order valence-electron chi connectivity index (χ2n) is 10.3. The van der Waals surface area contributed by atoms with Crippen LogP contribution < -0.4 is 0 Å². The highest BCUT2D eigenvalue weighted by molar-refractivity contribution is 6.06. The Bertz CT molecular complexity index is 1360. The number of benzene rings is 1. The van der Waals surface area contributed by atoms with E-state index in [1.165, 1.54) is 0 Å². The Balaban J connectivity index is 1.52. The van der Waals surface area contributed by atoms with Gasteiger partial charge in [0.15, 0.2) is 0 Å². The predicted octanol–water partition coefficient (Wildman–Crippen LogP) is 5.21. The molecule has 170 valence electrons. The van der Waals surface area contributed by atoms with Gasteiger partial charge in [0.05, 0.1) is 28.7 Å². The van der Waals surface area contributed by atoms with Crippen molar-refractivity contribution >= 4 is 27.9 Å². The number of amides is 1. The summed E-state index contributed by atoms with van der Waals surface area (Å²) in [5, 5.41) is 6.05. The van der Waals surface area contributed by atoms with Crippen molar-refractivity contribution in [1.82, 2.24) is 25.0 Å². The minimum atomic E-state index is -0.0999. The van der Waals surface area contributed by atoms with Crippen LogP contribution in [0, 0.1) is 12.3 Å². The Morgan fingerprint density at radius 1 is 1.15 bits per heavy atom. The van der Waals surface area contributed by atoms with Crippen LogP contribution >= 0.6 is 0 Å². The van der Waals surface area contributed by atoms with Gasteiger partial charge in [-0.25, -0.2) is 15.0 Å². The highest BCUT2D eigenvalue weighted by Gasteiger charge is 2.30. The molecule has 5 rings (SSSR count). The predicted molar refractivity (Wildman–Crippen MR) is 127 cm³/mol. The van der Waals surface area contributed by atoms with Gasteiger partial charge in [-0.15, -0.1) is 0 Å². The maximum absolute atomic E-state index is 13.7. The molecule has 7 heteroatoms. The van der Waals surface area contributed by atoms with Gasteiger partial charge >= 0.3 is 0 Å². The Kier molecular flexibility index (Phi) is 5.15. The lowest BCUT2D eigenvalue weighted by atomic mass is 9.89. The lowest BCUT2D eigenvalue weighted by Gasteiger charge is -2.19. The summed E-state index contributed by atoms with van der Waals surface area (Å²) >= 11 is 0. The standard InChI is InChI=1S/C26H29N5O2/c1-15-17-8-6-7-9-19(17)28-22(27-15)14-31(5)25(32)18-12-20(16-10-11-16)29-24-23(18)21(30-33-24)13-26(2,3)4/h6-9,12,16H,10-11,13-14H2,1-5H3. The monoisotopic (exact) mass is 443 g/mol. The smallest absolute Gasteiger partial charge is 0.259 e. The highest BCUT2D eigenvalue weighted by atomic mass is 16.5. The average Bonchev–Trinajstić information content (AvgIpc) is 3.54. The third kappa shape index (κ3) is 4.32. The molecular weight excluding hydrogens is 414 g/mol. The lowest BCUT2D eigenvalue weighted by Crippen LogP contribution is -2.28. The molecule has 1 aliphatic rings. The van der Waals surface area contributed by atoms with E-state index in [2.05, 4.69) is 35.9 Å². The van der Waals surface area contributed by atoms with E-state index in [0.717, 1.165) is 46.2 Å². The van der Waals surface area contributed by atoms with Crippen LogP contribution in [-0.2, 0) is 13.0 Å². The van der Waals surface area contributed by atoms with E-state index in [4.69, 9.17) is 9.51 Å². The molecule has 0 bridgehead atoms. The number of carbonyl (C=O) groups excluding carboxylic acids is 1.